The molecular weight excluding hydrogens is 242 g/mol. The fraction of sp³-hybridized carbons (Fsp3) is 0.133. The molecule has 0 fully saturated rings. The quantitative estimate of drug-likeness (QED) is 0.774. The molecule has 0 aromatic heterocycles. The average molecular weight is 257 g/mol. The van der Waals surface area contributed by atoms with Gasteiger partial charge in [-0.3, -0.25) is 9.20 Å². The predicted octanol–water partition coefficient (Wildman–Crippen LogP) is 3.04. The molecule has 0 aliphatic carbocycles. The second-order valence-electron chi connectivity index (χ2n) is 3.95. The monoisotopic (exact) mass is 257 g/mol. The Bertz CT molecular complexity index is 564. The van der Waals surface area contributed by atoms with E-state index in [-0.39, 0.29) is 0 Å². The van der Waals surface area contributed by atoms with E-state index < -0.39 is 10.8 Å². The molecule has 2 rings (SSSR count). The van der Waals surface area contributed by atoms with Gasteiger partial charge < -0.3 is 0 Å². The maximum absolute atomic E-state index is 11.5. The van der Waals surface area contributed by atoms with Crippen molar-refractivity contribution in [3.63, 3.8) is 0 Å². The van der Waals surface area contributed by atoms with Gasteiger partial charge in [-0.25, -0.2) is 0 Å². The largest absolute Gasteiger partial charge is 0.288 e. The van der Waals surface area contributed by atoms with Crippen LogP contribution >= 0.6 is 0 Å². The molecule has 2 nitrogen and oxygen atoms in total. The van der Waals surface area contributed by atoms with E-state index >= 15 is 0 Å². The van der Waals surface area contributed by atoms with E-state index in [1.54, 1.807) is 12.5 Å². The summed E-state index contributed by atoms with van der Waals surface area (Å²) in [6.07, 6.45) is 3.48. The van der Waals surface area contributed by atoms with Crippen LogP contribution in [0.5, 0.6) is 0 Å². The van der Waals surface area contributed by atoms with Gasteiger partial charge in [0.2, 0.25) is 0 Å². The van der Waals surface area contributed by atoms with Crippen LogP contribution in [0.2, 0.25) is 0 Å². The van der Waals surface area contributed by atoms with Crippen molar-refractivity contribution in [3.05, 3.63) is 65.7 Å². The fourth-order valence-corrected chi connectivity index (χ4v) is 2.40. The Morgan fingerprint density at radius 2 is 1.72 bits per heavy atom. The van der Waals surface area contributed by atoms with Crippen molar-refractivity contribution >= 4 is 17.0 Å². The Morgan fingerprint density at radius 3 is 2.44 bits per heavy atom. The van der Waals surface area contributed by atoms with Gasteiger partial charge in [0, 0.05) is 22.9 Å². The summed E-state index contributed by atoms with van der Waals surface area (Å²) in [5.74, 6) is 0. The second-order valence-corrected chi connectivity index (χ2v) is 5.30. The Labute approximate surface area is 110 Å². The highest BCUT2D eigenvalue weighted by Crippen LogP contribution is 2.10. The zero-order chi connectivity index (χ0) is 12.8. The van der Waals surface area contributed by atoms with E-state index in [2.05, 4.69) is 4.99 Å². The van der Waals surface area contributed by atoms with Crippen molar-refractivity contribution in [1.82, 2.24) is 0 Å². The van der Waals surface area contributed by atoms with Gasteiger partial charge in [-0.1, -0.05) is 48.5 Å². The Kier molecular flexibility index (Phi) is 4.42. The van der Waals surface area contributed by atoms with Crippen molar-refractivity contribution in [2.45, 2.75) is 11.4 Å². The highest BCUT2D eigenvalue weighted by atomic mass is 32.2. The summed E-state index contributed by atoms with van der Waals surface area (Å²) in [5, 5.41) is 0. The molecule has 18 heavy (non-hydrogen) atoms. The SMILES string of the molecule is CS(=O)c1ccccc1C=NCc1ccccc1. The van der Waals surface area contributed by atoms with Gasteiger partial charge in [0.1, 0.15) is 0 Å². The number of rotatable bonds is 4. The van der Waals surface area contributed by atoms with Crippen LogP contribution in [0.1, 0.15) is 11.1 Å². The molecular formula is C15H15NOS. The van der Waals surface area contributed by atoms with Crippen molar-refractivity contribution in [2.75, 3.05) is 6.26 Å². The summed E-state index contributed by atoms with van der Waals surface area (Å²) >= 11 is 0. The number of hydrogen-bond acceptors (Lipinski definition) is 2. The van der Waals surface area contributed by atoms with Crippen LogP contribution in [0, 0.1) is 0 Å². The van der Waals surface area contributed by atoms with Gasteiger partial charge in [-0.15, -0.1) is 0 Å². The van der Waals surface area contributed by atoms with Gasteiger partial charge in [-0.05, 0) is 11.6 Å². The molecule has 0 aliphatic heterocycles. The van der Waals surface area contributed by atoms with Crippen molar-refractivity contribution in [3.8, 4) is 0 Å². The first kappa shape index (κ1) is 12.7. The summed E-state index contributed by atoms with van der Waals surface area (Å²) in [4.78, 5) is 5.22. The van der Waals surface area contributed by atoms with Crippen LogP contribution in [0.3, 0.4) is 0 Å². The van der Waals surface area contributed by atoms with Gasteiger partial charge in [0.15, 0.2) is 0 Å². The van der Waals surface area contributed by atoms with E-state index in [0.717, 1.165) is 10.5 Å². The maximum Gasteiger partial charge on any atom is 0.0639 e. The van der Waals surface area contributed by atoms with E-state index in [0.29, 0.717) is 6.54 Å². The van der Waals surface area contributed by atoms with E-state index in [4.69, 9.17) is 0 Å². The van der Waals surface area contributed by atoms with Crippen LogP contribution in [0.4, 0.5) is 0 Å². The van der Waals surface area contributed by atoms with Crippen molar-refractivity contribution in [2.24, 2.45) is 4.99 Å². The third-order valence-corrected chi connectivity index (χ3v) is 3.57. The smallest absolute Gasteiger partial charge is 0.0639 e. The number of hydrogen-bond donors (Lipinski definition) is 0. The Morgan fingerprint density at radius 1 is 1.06 bits per heavy atom. The van der Waals surface area contributed by atoms with Gasteiger partial charge >= 0.3 is 0 Å². The van der Waals surface area contributed by atoms with Crippen LogP contribution in [0.15, 0.2) is 64.5 Å². The summed E-state index contributed by atoms with van der Waals surface area (Å²) < 4.78 is 11.5. The second kappa shape index (κ2) is 6.26. The highest BCUT2D eigenvalue weighted by Gasteiger charge is 2.01. The molecule has 0 heterocycles. The minimum absolute atomic E-state index is 0.644. The molecule has 0 bridgehead atoms. The zero-order valence-corrected chi connectivity index (χ0v) is 11.1. The molecule has 0 spiro atoms. The third kappa shape index (κ3) is 3.37. The number of aliphatic imine (C=N–C) groups is 1. The van der Waals surface area contributed by atoms with Crippen LogP contribution in [-0.2, 0) is 17.3 Å². The molecule has 0 saturated heterocycles. The summed E-state index contributed by atoms with van der Waals surface area (Å²) in [6.45, 7) is 0.644. The predicted molar refractivity (Wildman–Crippen MR) is 76.5 cm³/mol. The van der Waals surface area contributed by atoms with Crippen molar-refractivity contribution in [1.29, 1.82) is 0 Å². The molecule has 0 N–H and O–H groups in total. The molecule has 0 aliphatic rings. The molecule has 2 aromatic carbocycles. The van der Waals surface area contributed by atoms with Gasteiger partial charge in [0.25, 0.3) is 0 Å². The summed E-state index contributed by atoms with van der Waals surface area (Å²) in [6, 6.07) is 17.7. The molecule has 0 saturated carbocycles. The Balaban J connectivity index is 2.12. The first-order chi connectivity index (χ1) is 8.77. The van der Waals surface area contributed by atoms with Crippen LogP contribution < -0.4 is 0 Å². The highest BCUT2D eigenvalue weighted by molar-refractivity contribution is 7.84. The maximum atomic E-state index is 11.5. The lowest BCUT2D eigenvalue weighted by Gasteiger charge is -2.01. The summed E-state index contributed by atoms with van der Waals surface area (Å²) in [5.41, 5.74) is 2.10. The molecule has 0 amide bonds. The standard InChI is InChI=1S/C15H15NOS/c1-18(17)15-10-6-5-9-14(15)12-16-11-13-7-3-2-4-8-13/h2-10,12H,11H2,1H3. The van der Waals surface area contributed by atoms with Crippen molar-refractivity contribution < 1.29 is 4.21 Å². The minimum Gasteiger partial charge on any atom is -0.288 e. The number of benzene rings is 2. The van der Waals surface area contributed by atoms with E-state index in [9.17, 15) is 4.21 Å². The first-order valence-corrected chi connectivity index (χ1v) is 7.29. The summed E-state index contributed by atoms with van der Waals surface area (Å²) in [7, 11) is -0.980. The average Bonchev–Trinajstić information content (AvgIpc) is 2.40. The van der Waals surface area contributed by atoms with Gasteiger partial charge in [0.05, 0.1) is 17.3 Å². The first-order valence-electron chi connectivity index (χ1n) is 5.73. The molecule has 1 unspecified atom stereocenters. The lowest BCUT2D eigenvalue weighted by molar-refractivity contribution is 0.686. The van der Waals surface area contributed by atoms with Gasteiger partial charge in [-0.2, -0.15) is 0 Å². The van der Waals surface area contributed by atoms with E-state index in [1.165, 1.54) is 5.56 Å². The van der Waals surface area contributed by atoms with Crippen LogP contribution in [-0.4, -0.2) is 16.7 Å². The van der Waals surface area contributed by atoms with Crippen LogP contribution in [0.25, 0.3) is 0 Å². The minimum atomic E-state index is -0.980. The zero-order valence-electron chi connectivity index (χ0n) is 10.2. The Hall–Kier alpha value is -1.74. The topological polar surface area (TPSA) is 29.4 Å². The molecule has 92 valence electrons. The molecule has 2 aromatic rings. The molecule has 1 atom stereocenters. The third-order valence-electron chi connectivity index (χ3n) is 2.58. The normalized spacial score (nSPS) is 12.7. The fourth-order valence-electron chi connectivity index (χ4n) is 1.68. The van der Waals surface area contributed by atoms with E-state index in [1.807, 2.05) is 54.6 Å². The molecule has 3 heteroatoms. The lowest BCUT2D eigenvalue weighted by Crippen LogP contribution is -1.94. The molecule has 0 radical (unpaired) electrons. The lowest BCUT2D eigenvalue weighted by atomic mass is 10.2. The number of nitrogens with zero attached hydrogens (tertiary/aromatic N) is 1.